The van der Waals surface area contributed by atoms with Crippen molar-refractivity contribution in [2.24, 2.45) is 0 Å². The lowest BCUT2D eigenvalue weighted by Crippen LogP contribution is -2.31. The van der Waals surface area contributed by atoms with Gasteiger partial charge in [-0.15, -0.1) is 0 Å². The van der Waals surface area contributed by atoms with Gasteiger partial charge in [0, 0.05) is 18.0 Å². The van der Waals surface area contributed by atoms with Crippen LogP contribution in [0.1, 0.15) is 17.9 Å². The zero-order valence-corrected chi connectivity index (χ0v) is 7.73. The molecule has 2 aliphatic rings. The summed E-state index contributed by atoms with van der Waals surface area (Å²) in [5.74, 6) is 0.557. The molecule has 0 saturated heterocycles. The largest absolute Gasteiger partial charge is 0.374 e. The van der Waals surface area contributed by atoms with E-state index >= 15 is 0 Å². The van der Waals surface area contributed by atoms with Crippen LogP contribution >= 0.6 is 0 Å². The summed E-state index contributed by atoms with van der Waals surface area (Å²) in [5, 5.41) is 3.29. The fourth-order valence-electron chi connectivity index (χ4n) is 2.31. The third-order valence-electron chi connectivity index (χ3n) is 3.00. The predicted molar refractivity (Wildman–Crippen MR) is 55.4 cm³/mol. The Morgan fingerprint density at radius 1 is 1.29 bits per heavy atom. The average Bonchev–Trinajstić information content (AvgIpc) is 2.59. The molecule has 2 nitrogen and oxygen atoms in total. The van der Waals surface area contributed by atoms with Crippen LogP contribution in [0.25, 0.3) is 0 Å². The Hall–Kier alpha value is -1.57. The number of carbonyl (C=O) groups is 1. The monoisotopic (exact) mass is 185 g/mol. The average molecular weight is 185 g/mol. The number of fused-ring (bicyclic) bond motifs is 3. The van der Waals surface area contributed by atoms with Gasteiger partial charge in [0.25, 0.3) is 0 Å². The van der Waals surface area contributed by atoms with Gasteiger partial charge in [-0.25, -0.2) is 0 Å². The molecule has 2 heteroatoms. The van der Waals surface area contributed by atoms with Crippen LogP contribution in [0, 0.1) is 0 Å². The third-order valence-corrected chi connectivity index (χ3v) is 3.00. The number of hydrogen-bond acceptors (Lipinski definition) is 2. The number of rotatable bonds is 0. The Morgan fingerprint density at radius 3 is 3.07 bits per heavy atom. The van der Waals surface area contributed by atoms with E-state index in [1.807, 2.05) is 24.3 Å². The van der Waals surface area contributed by atoms with Crippen molar-refractivity contribution in [2.75, 3.05) is 5.32 Å². The molecule has 0 fully saturated rings. The van der Waals surface area contributed by atoms with Crippen molar-refractivity contribution in [1.29, 1.82) is 0 Å². The van der Waals surface area contributed by atoms with Crippen molar-refractivity contribution in [1.82, 2.24) is 0 Å². The molecule has 0 aromatic heterocycles. The summed E-state index contributed by atoms with van der Waals surface area (Å²) >= 11 is 0. The number of hydrogen-bond donors (Lipinski definition) is 1. The second-order valence-corrected chi connectivity index (χ2v) is 3.83. The number of benzene rings is 1. The highest BCUT2D eigenvalue weighted by Crippen LogP contribution is 2.39. The third kappa shape index (κ3) is 0.939. The summed E-state index contributed by atoms with van der Waals surface area (Å²) in [7, 11) is 0. The number of ketones is 1. The van der Waals surface area contributed by atoms with Crippen molar-refractivity contribution < 1.29 is 4.79 Å². The molecule has 70 valence electrons. The van der Waals surface area contributed by atoms with Crippen molar-refractivity contribution in [3.8, 4) is 0 Å². The van der Waals surface area contributed by atoms with E-state index in [-0.39, 0.29) is 12.0 Å². The smallest absolute Gasteiger partial charge is 0.159 e. The lowest BCUT2D eigenvalue weighted by atomic mass is 9.87. The van der Waals surface area contributed by atoms with Gasteiger partial charge in [-0.1, -0.05) is 30.4 Å². The fourth-order valence-corrected chi connectivity index (χ4v) is 2.31. The van der Waals surface area contributed by atoms with E-state index in [0.29, 0.717) is 12.2 Å². The minimum atomic E-state index is -0.0163. The van der Waals surface area contributed by atoms with Crippen LogP contribution in [0.3, 0.4) is 0 Å². The van der Waals surface area contributed by atoms with Gasteiger partial charge in [-0.05, 0) is 11.6 Å². The molecule has 14 heavy (non-hydrogen) atoms. The molecule has 2 unspecified atom stereocenters. The molecule has 1 aliphatic heterocycles. The molecule has 3 rings (SSSR count). The van der Waals surface area contributed by atoms with E-state index in [1.54, 1.807) is 0 Å². The minimum absolute atomic E-state index is 0.0163. The highest BCUT2D eigenvalue weighted by atomic mass is 16.1. The number of allylic oxidation sites excluding steroid dienone is 1. The summed E-state index contributed by atoms with van der Waals surface area (Å²) in [6.07, 6.45) is 4.69. The number of anilines is 1. The standard InChI is InChI=1S/C12H11NO/c14-11-7-3-5-9-8-4-1-2-6-10(8)13-12(9)11/h1-6,9,12-13H,7H2. The van der Waals surface area contributed by atoms with Gasteiger partial charge in [0.1, 0.15) is 0 Å². The summed E-state index contributed by atoms with van der Waals surface area (Å²) in [4.78, 5) is 11.6. The van der Waals surface area contributed by atoms with E-state index in [1.165, 1.54) is 5.56 Å². The van der Waals surface area contributed by atoms with Crippen LogP contribution in [-0.4, -0.2) is 11.8 Å². The van der Waals surface area contributed by atoms with Crippen LogP contribution in [0.15, 0.2) is 36.4 Å². The molecule has 1 aromatic rings. The molecular weight excluding hydrogens is 174 g/mol. The highest BCUT2D eigenvalue weighted by Gasteiger charge is 2.36. The number of Topliss-reactive ketones (excluding diaryl/α,β-unsaturated/α-hetero) is 1. The lowest BCUT2D eigenvalue weighted by Gasteiger charge is -2.19. The van der Waals surface area contributed by atoms with Gasteiger partial charge >= 0.3 is 0 Å². The first kappa shape index (κ1) is 7.80. The van der Waals surface area contributed by atoms with Crippen molar-refractivity contribution in [3.63, 3.8) is 0 Å². The van der Waals surface area contributed by atoms with Gasteiger partial charge in [-0.2, -0.15) is 0 Å². The maximum absolute atomic E-state index is 11.6. The highest BCUT2D eigenvalue weighted by molar-refractivity contribution is 5.93. The maximum Gasteiger partial charge on any atom is 0.159 e. The molecule has 1 aliphatic carbocycles. The van der Waals surface area contributed by atoms with Crippen LogP contribution in [0.2, 0.25) is 0 Å². The van der Waals surface area contributed by atoms with Gasteiger partial charge < -0.3 is 5.32 Å². The topological polar surface area (TPSA) is 29.1 Å². The Kier molecular flexibility index (Phi) is 1.51. The second-order valence-electron chi connectivity index (χ2n) is 3.83. The summed E-state index contributed by atoms with van der Waals surface area (Å²) in [6, 6.07) is 8.13. The molecular formula is C12H11NO. The van der Waals surface area contributed by atoms with E-state index in [2.05, 4.69) is 17.5 Å². The molecule has 0 spiro atoms. The first-order valence-electron chi connectivity index (χ1n) is 4.91. The first-order valence-corrected chi connectivity index (χ1v) is 4.91. The molecule has 0 amide bonds. The molecule has 1 N–H and O–H groups in total. The first-order chi connectivity index (χ1) is 6.86. The Labute approximate surface area is 82.6 Å². The molecule has 0 bridgehead atoms. The quantitative estimate of drug-likeness (QED) is 0.627. The fraction of sp³-hybridized carbons (Fsp3) is 0.250. The number of para-hydroxylation sites is 1. The van der Waals surface area contributed by atoms with Crippen LogP contribution in [-0.2, 0) is 4.79 Å². The zero-order chi connectivity index (χ0) is 9.54. The van der Waals surface area contributed by atoms with Gasteiger partial charge in [0.05, 0.1) is 6.04 Å². The molecule has 0 radical (unpaired) electrons. The minimum Gasteiger partial charge on any atom is -0.374 e. The van der Waals surface area contributed by atoms with E-state index in [0.717, 1.165) is 5.69 Å². The maximum atomic E-state index is 11.6. The number of carbonyl (C=O) groups excluding carboxylic acids is 1. The summed E-state index contributed by atoms with van der Waals surface area (Å²) < 4.78 is 0. The number of nitrogens with one attached hydrogen (secondary N) is 1. The molecule has 1 heterocycles. The van der Waals surface area contributed by atoms with Gasteiger partial charge in [0.2, 0.25) is 0 Å². The van der Waals surface area contributed by atoms with Crippen LogP contribution in [0.4, 0.5) is 5.69 Å². The lowest BCUT2D eigenvalue weighted by molar-refractivity contribution is -0.119. The Balaban J connectivity index is 2.11. The summed E-state index contributed by atoms with van der Waals surface area (Å²) in [5.41, 5.74) is 2.37. The SMILES string of the molecule is O=C1CC=CC2c3ccccc3NC12. The van der Waals surface area contributed by atoms with Gasteiger partial charge in [0.15, 0.2) is 5.78 Å². The Morgan fingerprint density at radius 2 is 2.14 bits per heavy atom. The molecule has 1 aromatic carbocycles. The van der Waals surface area contributed by atoms with Crippen LogP contribution < -0.4 is 5.32 Å². The molecule has 0 saturated carbocycles. The van der Waals surface area contributed by atoms with Crippen molar-refractivity contribution in [2.45, 2.75) is 18.4 Å². The molecule has 2 atom stereocenters. The van der Waals surface area contributed by atoms with E-state index in [9.17, 15) is 4.79 Å². The van der Waals surface area contributed by atoms with Crippen molar-refractivity contribution in [3.05, 3.63) is 42.0 Å². The normalized spacial score (nSPS) is 28.1. The van der Waals surface area contributed by atoms with Crippen LogP contribution in [0.5, 0.6) is 0 Å². The summed E-state index contributed by atoms with van der Waals surface area (Å²) in [6.45, 7) is 0. The van der Waals surface area contributed by atoms with E-state index < -0.39 is 0 Å². The predicted octanol–water partition coefficient (Wildman–Crippen LogP) is 2.09. The van der Waals surface area contributed by atoms with Crippen molar-refractivity contribution >= 4 is 11.5 Å². The Bertz CT molecular complexity index is 422. The van der Waals surface area contributed by atoms with Gasteiger partial charge in [-0.3, -0.25) is 4.79 Å². The second kappa shape index (κ2) is 2.71. The zero-order valence-electron chi connectivity index (χ0n) is 7.73. The van der Waals surface area contributed by atoms with E-state index in [4.69, 9.17) is 0 Å².